The topological polar surface area (TPSA) is 19.0 Å². The van der Waals surface area contributed by atoms with E-state index in [1.54, 1.807) is 5.57 Å². The molecule has 9 rings (SSSR count). The maximum absolute atomic E-state index is 7.00. The van der Waals surface area contributed by atoms with Gasteiger partial charge in [-0.25, -0.2) is 0 Å². The molecular weight excluding hydrogens is 671 g/mol. The molecule has 0 bridgehead atoms. The zero-order valence-electron chi connectivity index (χ0n) is 34.0. The Labute approximate surface area is 330 Å². The van der Waals surface area contributed by atoms with Crippen LogP contribution in [0.4, 0.5) is 28.4 Å². The molecule has 2 fully saturated rings. The Bertz CT molecular complexity index is 2030. The van der Waals surface area contributed by atoms with Crippen molar-refractivity contribution in [2.45, 2.75) is 130 Å². The molecule has 2 heterocycles. The van der Waals surface area contributed by atoms with Crippen molar-refractivity contribution in [1.29, 1.82) is 0 Å². The van der Waals surface area contributed by atoms with E-state index in [-0.39, 0.29) is 22.6 Å². The summed E-state index contributed by atoms with van der Waals surface area (Å²) in [5.41, 5.74) is 12.3. The van der Waals surface area contributed by atoms with Crippen molar-refractivity contribution in [3.8, 4) is 0 Å². The first kappa shape index (κ1) is 36.2. The fraction of sp³-hybridized carbons (Fsp3) is 0.451. The highest BCUT2D eigenvalue weighted by Crippen LogP contribution is 2.65. The number of nitrogens with zero attached hydrogens (tertiary/aromatic N) is 3. The van der Waals surface area contributed by atoms with Gasteiger partial charge in [0.2, 0.25) is 0 Å². The van der Waals surface area contributed by atoms with Crippen LogP contribution in [0.25, 0.3) is 0 Å². The Morgan fingerprint density at radius 1 is 0.709 bits per heavy atom. The van der Waals surface area contributed by atoms with E-state index in [2.05, 4.69) is 159 Å². The number of hydrogen-bond acceptors (Lipinski definition) is 4. The summed E-state index contributed by atoms with van der Waals surface area (Å²) in [6.45, 7) is 12.4. The van der Waals surface area contributed by atoms with E-state index in [0.717, 1.165) is 38.5 Å². The fourth-order valence-corrected chi connectivity index (χ4v) is 11.3. The zero-order chi connectivity index (χ0) is 37.8. The lowest BCUT2D eigenvalue weighted by atomic mass is 9.56. The molecule has 2 aliphatic heterocycles. The number of benzene rings is 3. The number of hydrogen-bond donors (Lipinski definition) is 0. The molecule has 6 aliphatic rings. The molecular formula is C51H61N3O. The van der Waals surface area contributed by atoms with E-state index >= 15 is 0 Å². The summed E-state index contributed by atoms with van der Waals surface area (Å²) < 4.78 is 7.00. The van der Waals surface area contributed by atoms with Crippen molar-refractivity contribution >= 4 is 28.4 Å². The average Bonchev–Trinajstić information content (AvgIpc) is 3.70. The van der Waals surface area contributed by atoms with Gasteiger partial charge in [0.1, 0.15) is 0 Å². The Kier molecular flexibility index (Phi) is 9.38. The molecule has 4 nitrogen and oxygen atoms in total. The lowest BCUT2D eigenvalue weighted by molar-refractivity contribution is 0.0702. The molecule has 1 saturated carbocycles. The number of allylic oxidation sites excluding steroid dienone is 9. The van der Waals surface area contributed by atoms with Crippen molar-refractivity contribution in [2.24, 2.45) is 16.7 Å². The third kappa shape index (κ3) is 6.38. The maximum atomic E-state index is 7.00. The molecule has 1 saturated heterocycles. The molecule has 4 heteroatoms. The first-order chi connectivity index (χ1) is 26.6. The van der Waals surface area contributed by atoms with Crippen molar-refractivity contribution in [2.75, 3.05) is 14.7 Å². The quantitative estimate of drug-likeness (QED) is 0.241. The van der Waals surface area contributed by atoms with Crippen LogP contribution in [-0.2, 0) is 4.74 Å². The highest BCUT2D eigenvalue weighted by Gasteiger charge is 2.62. The SMILES string of the molecule is CC(C)(C)C1=CC=C2C(C1)C1(CCCCC1)C(C)(C)N2c1cc(N(C2=CC=CCC2)c2ccccc2)cc(N(c2ccccc2)C2CC3=C(CCCC3)O2)c1. The maximum Gasteiger partial charge on any atom is 0.179 e. The highest BCUT2D eigenvalue weighted by molar-refractivity contribution is 5.81. The van der Waals surface area contributed by atoms with Crippen LogP contribution in [0.5, 0.6) is 0 Å². The Morgan fingerprint density at radius 2 is 1.42 bits per heavy atom. The summed E-state index contributed by atoms with van der Waals surface area (Å²) in [6, 6.07) is 29.5. The molecule has 286 valence electrons. The van der Waals surface area contributed by atoms with Gasteiger partial charge in [-0.05, 0) is 131 Å². The predicted molar refractivity (Wildman–Crippen MR) is 231 cm³/mol. The Morgan fingerprint density at radius 3 is 2.11 bits per heavy atom. The smallest absolute Gasteiger partial charge is 0.179 e. The molecule has 0 amide bonds. The van der Waals surface area contributed by atoms with Gasteiger partial charge >= 0.3 is 0 Å². The highest BCUT2D eigenvalue weighted by atomic mass is 16.5. The van der Waals surface area contributed by atoms with E-state index < -0.39 is 0 Å². The predicted octanol–water partition coefficient (Wildman–Crippen LogP) is 14.2. The van der Waals surface area contributed by atoms with Gasteiger partial charge in [-0.15, -0.1) is 0 Å². The number of fused-ring (bicyclic) bond motifs is 2. The van der Waals surface area contributed by atoms with Gasteiger partial charge in [0, 0.05) is 69.5 Å². The molecule has 0 N–H and O–H groups in total. The monoisotopic (exact) mass is 731 g/mol. The molecule has 0 aromatic heterocycles. The third-order valence-electron chi connectivity index (χ3n) is 14.2. The van der Waals surface area contributed by atoms with Crippen LogP contribution in [0, 0.1) is 16.7 Å². The first-order valence-electron chi connectivity index (χ1n) is 21.4. The molecule has 3 aromatic rings. The van der Waals surface area contributed by atoms with Crippen LogP contribution < -0.4 is 14.7 Å². The largest absolute Gasteiger partial charge is 0.474 e. The molecule has 55 heavy (non-hydrogen) atoms. The lowest BCUT2D eigenvalue weighted by Crippen LogP contribution is -2.51. The summed E-state index contributed by atoms with van der Waals surface area (Å²) >= 11 is 0. The minimum absolute atomic E-state index is 0.0759. The summed E-state index contributed by atoms with van der Waals surface area (Å²) in [4.78, 5) is 7.86. The van der Waals surface area contributed by atoms with Crippen LogP contribution in [0.3, 0.4) is 0 Å². The summed E-state index contributed by atoms with van der Waals surface area (Å²) in [6.07, 6.45) is 27.2. The molecule has 2 unspecified atom stereocenters. The Balaban J connectivity index is 1.27. The van der Waals surface area contributed by atoms with Crippen LogP contribution in [0.1, 0.15) is 118 Å². The minimum atomic E-state index is -0.0780. The van der Waals surface area contributed by atoms with Gasteiger partial charge in [0.25, 0.3) is 0 Å². The second-order valence-corrected chi connectivity index (χ2v) is 18.6. The lowest BCUT2D eigenvalue weighted by Gasteiger charge is -2.50. The average molecular weight is 732 g/mol. The van der Waals surface area contributed by atoms with E-state index in [9.17, 15) is 0 Å². The number of para-hydroxylation sites is 2. The summed E-state index contributed by atoms with van der Waals surface area (Å²) in [7, 11) is 0. The van der Waals surface area contributed by atoms with E-state index in [1.165, 1.54) is 96.1 Å². The van der Waals surface area contributed by atoms with Gasteiger partial charge in [-0.3, -0.25) is 0 Å². The van der Waals surface area contributed by atoms with Crippen LogP contribution in [-0.4, -0.2) is 11.8 Å². The van der Waals surface area contributed by atoms with E-state index in [4.69, 9.17) is 4.74 Å². The van der Waals surface area contributed by atoms with Crippen molar-refractivity contribution in [3.05, 3.63) is 138 Å². The second kappa shape index (κ2) is 14.3. The normalized spacial score (nSPS) is 24.1. The molecule has 3 aromatic carbocycles. The van der Waals surface area contributed by atoms with Crippen LogP contribution >= 0.6 is 0 Å². The van der Waals surface area contributed by atoms with Crippen LogP contribution in [0.2, 0.25) is 0 Å². The van der Waals surface area contributed by atoms with Gasteiger partial charge in [0.05, 0.1) is 5.76 Å². The molecule has 2 atom stereocenters. The zero-order valence-corrected chi connectivity index (χ0v) is 34.0. The number of ether oxygens (including phenoxy) is 1. The summed E-state index contributed by atoms with van der Waals surface area (Å²) in [5.74, 6) is 1.75. The first-order valence-corrected chi connectivity index (χ1v) is 21.4. The van der Waals surface area contributed by atoms with Gasteiger partial charge in [-0.1, -0.05) is 100 Å². The third-order valence-corrected chi connectivity index (χ3v) is 14.2. The van der Waals surface area contributed by atoms with Gasteiger partial charge < -0.3 is 19.4 Å². The summed E-state index contributed by atoms with van der Waals surface area (Å²) in [5, 5.41) is 0. The van der Waals surface area contributed by atoms with Crippen molar-refractivity contribution < 1.29 is 4.74 Å². The number of anilines is 5. The minimum Gasteiger partial charge on any atom is -0.474 e. The standard InChI is InChI=1S/C51H61N3O/c1-49(2,3)38-28-29-46-45(33-38)51(30-18-9-19-31-51)50(4,5)54(46)44-35-42(52(39-21-10-6-11-22-39)40-23-12-7-13-24-40)34-43(36-44)53(41-25-14-8-15-26-41)48-32-37-20-16-17-27-47(37)55-48/h6-8,10-12,14-15,21-23,25-26,28-29,34-36,45,48H,9,13,16-20,24,27,30-33H2,1-5H3. The molecule has 4 aliphatic carbocycles. The van der Waals surface area contributed by atoms with Gasteiger partial charge in [-0.2, -0.15) is 0 Å². The van der Waals surface area contributed by atoms with Crippen LogP contribution in [0.15, 0.2) is 138 Å². The fourth-order valence-electron chi connectivity index (χ4n) is 11.3. The van der Waals surface area contributed by atoms with E-state index in [1.807, 2.05) is 0 Å². The van der Waals surface area contributed by atoms with Crippen molar-refractivity contribution in [3.63, 3.8) is 0 Å². The molecule has 0 radical (unpaired) electrons. The second-order valence-electron chi connectivity index (χ2n) is 18.6. The number of rotatable bonds is 7. The van der Waals surface area contributed by atoms with E-state index in [0.29, 0.717) is 5.92 Å². The van der Waals surface area contributed by atoms with Crippen molar-refractivity contribution in [1.82, 2.24) is 0 Å². The Hall–Kier alpha value is -4.44. The van der Waals surface area contributed by atoms with Gasteiger partial charge in [0.15, 0.2) is 6.23 Å². The molecule has 1 spiro atoms.